The molecule has 2 aromatic rings. The van der Waals surface area contributed by atoms with Crippen LogP contribution in [-0.2, 0) is 6.42 Å². The second-order valence-corrected chi connectivity index (χ2v) is 6.80. The van der Waals surface area contributed by atoms with E-state index in [0.717, 1.165) is 60.3 Å². The smallest absolute Gasteiger partial charge is 0.256 e. The molecule has 0 radical (unpaired) electrons. The van der Waals surface area contributed by atoms with E-state index >= 15 is 0 Å². The highest BCUT2D eigenvalue weighted by atomic mass is 16.2. The Hall–Kier alpha value is -2.34. The van der Waals surface area contributed by atoms with Gasteiger partial charge in [-0.15, -0.1) is 0 Å². The Labute approximate surface area is 141 Å². The molecule has 0 spiro atoms. The summed E-state index contributed by atoms with van der Waals surface area (Å²) in [6, 6.07) is 5.95. The molecule has 0 bridgehead atoms. The highest BCUT2D eigenvalue weighted by Crippen LogP contribution is 2.37. The van der Waals surface area contributed by atoms with Gasteiger partial charge in [-0.05, 0) is 43.7 Å². The summed E-state index contributed by atoms with van der Waals surface area (Å²) in [5.74, 6) is 0.151. The average Bonchev–Trinajstić information content (AvgIpc) is 2.92. The molecule has 2 atom stereocenters. The van der Waals surface area contributed by atoms with E-state index in [2.05, 4.69) is 23.4 Å². The summed E-state index contributed by atoms with van der Waals surface area (Å²) >= 11 is 0. The molecule has 24 heavy (non-hydrogen) atoms. The maximum absolute atomic E-state index is 13.2. The highest BCUT2D eigenvalue weighted by Gasteiger charge is 2.33. The van der Waals surface area contributed by atoms with Gasteiger partial charge in [0.2, 0.25) is 0 Å². The van der Waals surface area contributed by atoms with E-state index in [9.17, 15) is 4.79 Å². The van der Waals surface area contributed by atoms with Crippen LogP contribution in [-0.4, -0.2) is 22.2 Å². The molecule has 1 aliphatic heterocycles. The molecule has 126 valence electrons. The van der Waals surface area contributed by atoms with Crippen LogP contribution >= 0.6 is 0 Å². The predicted molar refractivity (Wildman–Crippen MR) is 94.2 cm³/mol. The minimum atomic E-state index is -0.221. The Kier molecular flexibility index (Phi) is 3.57. The number of hydrogen-bond donors (Lipinski definition) is 3. The van der Waals surface area contributed by atoms with Crippen LogP contribution in [0.25, 0.3) is 0 Å². The zero-order valence-electron chi connectivity index (χ0n) is 13.9. The van der Waals surface area contributed by atoms with E-state index in [1.807, 2.05) is 12.1 Å². The lowest BCUT2D eigenvalue weighted by atomic mass is 9.88. The minimum Gasteiger partial charge on any atom is -0.385 e. The van der Waals surface area contributed by atoms with E-state index in [-0.39, 0.29) is 17.9 Å². The summed E-state index contributed by atoms with van der Waals surface area (Å²) in [6.07, 6.45) is 3.47. The molecule has 2 unspecified atom stereocenters. The molecule has 2 heterocycles. The van der Waals surface area contributed by atoms with E-state index in [0.29, 0.717) is 5.82 Å². The fourth-order valence-electron chi connectivity index (χ4n) is 4.00. The van der Waals surface area contributed by atoms with E-state index in [1.165, 1.54) is 4.68 Å². The van der Waals surface area contributed by atoms with Crippen molar-refractivity contribution in [1.82, 2.24) is 9.78 Å². The second kappa shape index (κ2) is 5.63. The van der Waals surface area contributed by atoms with Gasteiger partial charge in [-0.2, -0.15) is 9.78 Å². The zero-order chi connectivity index (χ0) is 16.8. The van der Waals surface area contributed by atoms with Crippen LogP contribution in [0.1, 0.15) is 58.4 Å². The van der Waals surface area contributed by atoms with Crippen LogP contribution in [0.4, 0.5) is 11.5 Å². The Morgan fingerprint density at radius 1 is 1.38 bits per heavy atom. The number of fused-ring (bicyclic) bond motifs is 2. The Balaban J connectivity index is 1.75. The van der Waals surface area contributed by atoms with E-state index < -0.39 is 0 Å². The molecule has 6 heteroatoms. The molecule has 0 saturated carbocycles. The topological polar surface area (TPSA) is 99.0 Å². The number of aryl methyl sites for hydroxylation is 2. The number of benzene rings is 1. The van der Waals surface area contributed by atoms with Gasteiger partial charge in [-0.25, -0.2) is 0 Å². The van der Waals surface area contributed by atoms with Crippen molar-refractivity contribution in [2.75, 3.05) is 17.6 Å². The minimum absolute atomic E-state index is 0.0533. The maximum Gasteiger partial charge on any atom is 0.256 e. The van der Waals surface area contributed by atoms with Gasteiger partial charge in [0.1, 0.15) is 5.82 Å². The van der Waals surface area contributed by atoms with Crippen molar-refractivity contribution in [1.29, 1.82) is 0 Å². The summed E-state index contributed by atoms with van der Waals surface area (Å²) in [5.41, 5.74) is 17.4. The fraction of sp³-hybridized carbons (Fsp3) is 0.444. The van der Waals surface area contributed by atoms with Crippen LogP contribution in [0.3, 0.4) is 0 Å². The normalized spacial score (nSPS) is 22.4. The number of carbonyl (C=O) groups excluding carboxylic acids is 1. The average molecular weight is 325 g/mol. The van der Waals surface area contributed by atoms with E-state index in [1.54, 1.807) is 0 Å². The molecule has 1 aliphatic carbocycles. The Bertz CT molecular complexity index is 810. The third-order valence-electron chi connectivity index (χ3n) is 5.26. The van der Waals surface area contributed by atoms with Gasteiger partial charge in [0, 0.05) is 23.8 Å². The number of hydrogen-bond acceptors (Lipinski definition) is 5. The van der Waals surface area contributed by atoms with Gasteiger partial charge in [0.15, 0.2) is 0 Å². The van der Waals surface area contributed by atoms with Crippen molar-refractivity contribution in [2.24, 2.45) is 5.73 Å². The predicted octanol–water partition coefficient (Wildman–Crippen LogP) is 2.35. The highest BCUT2D eigenvalue weighted by molar-refractivity contribution is 5.90. The zero-order valence-corrected chi connectivity index (χ0v) is 13.9. The van der Waals surface area contributed by atoms with Crippen molar-refractivity contribution in [3.8, 4) is 0 Å². The van der Waals surface area contributed by atoms with Gasteiger partial charge >= 0.3 is 0 Å². The molecule has 0 fully saturated rings. The van der Waals surface area contributed by atoms with Gasteiger partial charge in [-0.1, -0.05) is 18.2 Å². The van der Waals surface area contributed by atoms with Crippen LogP contribution < -0.4 is 16.8 Å². The van der Waals surface area contributed by atoms with Crippen LogP contribution in [0.2, 0.25) is 0 Å². The third-order valence-corrected chi connectivity index (χ3v) is 5.26. The SMILES string of the molecule is Cc1cccc2c1NCCC2C(=O)n1nc2c(c1N)C(N)CCC2. The fourth-order valence-corrected chi connectivity index (χ4v) is 4.00. The van der Waals surface area contributed by atoms with Crippen molar-refractivity contribution in [3.63, 3.8) is 0 Å². The summed E-state index contributed by atoms with van der Waals surface area (Å²) in [4.78, 5) is 13.2. The first-order chi connectivity index (χ1) is 11.6. The molecule has 0 amide bonds. The monoisotopic (exact) mass is 325 g/mol. The second-order valence-electron chi connectivity index (χ2n) is 6.80. The van der Waals surface area contributed by atoms with Gasteiger partial charge in [-0.3, -0.25) is 4.79 Å². The molecule has 4 rings (SSSR count). The first-order valence-corrected chi connectivity index (χ1v) is 8.58. The quantitative estimate of drug-likeness (QED) is 0.747. The molecule has 5 N–H and O–H groups in total. The number of nitrogens with two attached hydrogens (primary N) is 2. The lowest BCUT2D eigenvalue weighted by Crippen LogP contribution is -2.29. The lowest BCUT2D eigenvalue weighted by molar-refractivity contribution is 0.0859. The number of nitrogens with zero attached hydrogens (tertiary/aromatic N) is 2. The molecule has 0 saturated heterocycles. The molecular weight excluding hydrogens is 302 g/mol. The summed E-state index contributed by atoms with van der Waals surface area (Å²) in [7, 11) is 0. The number of rotatable bonds is 1. The molecule has 1 aromatic heterocycles. The van der Waals surface area contributed by atoms with E-state index in [4.69, 9.17) is 11.5 Å². The van der Waals surface area contributed by atoms with Crippen molar-refractivity contribution >= 4 is 17.4 Å². The largest absolute Gasteiger partial charge is 0.385 e. The van der Waals surface area contributed by atoms with Crippen LogP contribution in [0.5, 0.6) is 0 Å². The number of nitrogens with one attached hydrogen (secondary N) is 1. The van der Waals surface area contributed by atoms with Crippen LogP contribution in [0.15, 0.2) is 18.2 Å². The summed E-state index contributed by atoms with van der Waals surface area (Å²) in [5, 5.41) is 7.92. The molecule has 2 aliphatic rings. The molecular formula is C18H23N5O. The first kappa shape index (κ1) is 15.2. The van der Waals surface area contributed by atoms with Crippen molar-refractivity contribution in [3.05, 3.63) is 40.6 Å². The number of para-hydroxylation sites is 1. The number of carbonyl (C=O) groups is 1. The first-order valence-electron chi connectivity index (χ1n) is 8.58. The number of aromatic nitrogens is 2. The molecule has 6 nitrogen and oxygen atoms in total. The Morgan fingerprint density at radius 3 is 3.00 bits per heavy atom. The van der Waals surface area contributed by atoms with Gasteiger partial charge in [0.25, 0.3) is 5.91 Å². The molecule has 1 aromatic carbocycles. The number of anilines is 2. The Morgan fingerprint density at radius 2 is 2.21 bits per heavy atom. The van der Waals surface area contributed by atoms with Crippen molar-refractivity contribution in [2.45, 2.75) is 44.6 Å². The lowest BCUT2D eigenvalue weighted by Gasteiger charge is -2.27. The van der Waals surface area contributed by atoms with Gasteiger partial charge < -0.3 is 16.8 Å². The standard InChI is InChI=1S/C18H23N5O/c1-10-4-2-5-11-12(8-9-21-16(10)11)18(24)23-17(20)15-13(19)6-3-7-14(15)22-23/h2,4-5,12-13,21H,3,6-9,19-20H2,1H3. The third kappa shape index (κ3) is 2.21. The van der Waals surface area contributed by atoms with Crippen molar-refractivity contribution < 1.29 is 4.79 Å². The van der Waals surface area contributed by atoms with Gasteiger partial charge in [0.05, 0.1) is 11.6 Å². The number of nitrogen functional groups attached to an aromatic ring is 1. The maximum atomic E-state index is 13.2. The summed E-state index contributed by atoms with van der Waals surface area (Å²) in [6.45, 7) is 2.83. The van der Waals surface area contributed by atoms with Crippen LogP contribution in [0, 0.1) is 6.92 Å². The summed E-state index contributed by atoms with van der Waals surface area (Å²) < 4.78 is 1.40.